The molecule has 1 fully saturated rings. The van der Waals surface area contributed by atoms with Gasteiger partial charge < -0.3 is 24.6 Å². The number of hydrogen-bond acceptors (Lipinski definition) is 5. The number of carbonyl (C=O) groups excluding carboxylic acids is 1. The maximum Gasteiger partial charge on any atom is 0.316 e. The van der Waals surface area contributed by atoms with E-state index in [9.17, 15) is 14.7 Å². The number of carboxylic acids is 1. The summed E-state index contributed by atoms with van der Waals surface area (Å²) < 4.78 is 23.2. The highest BCUT2D eigenvalue weighted by Gasteiger charge is 2.44. The molecule has 30 heavy (non-hydrogen) atoms. The lowest BCUT2D eigenvalue weighted by molar-refractivity contribution is -0.139. The van der Waals surface area contributed by atoms with Gasteiger partial charge in [0, 0.05) is 54.7 Å². The second kappa shape index (κ2) is 6.84. The zero-order chi connectivity index (χ0) is 21.2. The molecular weight excluding hydrogens is 389 g/mol. The van der Waals surface area contributed by atoms with E-state index in [0.29, 0.717) is 35.2 Å². The summed E-state index contributed by atoms with van der Waals surface area (Å²) in [6.07, 6.45) is 3.76. The Kier molecular flexibility index (Phi) is 4.36. The Morgan fingerprint density at radius 2 is 2.07 bits per heavy atom. The van der Waals surface area contributed by atoms with E-state index >= 15 is 4.39 Å². The number of fused-ring (bicyclic) bond motifs is 2. The molecule has 2 atom stereocenters. The van der Waals surface area contributed by atoms with Gasteiger partial charge in [-0.15, -0.1) is 0 Å². The highest BCUT2D eigenvalue weighted by atomic mass is 19.1. The van der Waals surface area contributed by atoms with Gasteiger partial charge in [0.2, 0.25) is 0 Å². The number of aliphatic carboxylic acids is 1. The standard InChI is InChI=1S/C22H24FN3O4/c1-11-8-25-9-12(5-14(25)7-24-11)18-17(23)6-15-19(21(18)30-2)26(13-3-4-13)10-16(20(15)27)22(28)29/h5-6,9,11,13,16,24H,3-4,7-8,10H2,1-2H3,(H,28,29)/t11-,16?/m1/s1. The number of halogens is 1. The minimum Gasteiger partial charge on any atom is -0.494 e. The molecule has 0 amide bonds. The fourth-order valence-electron chi connectivity index (χ4n) is 4.67. The second-order valence-corrected chi connectivity index (χ2v) is 8.46. The summed E-state index contributed by atoms with van der Waals surface area (Å²) >= 11 is 0. The van der Waals surface area contributed by atoms with Crippen LogP contribution in [0, 0.1) is 11.7 Å². The molecule has 1 aliphatic carbocycles. The summed E-state index contributed by atoms with van der Waals surface area (Å²) in [5.74, 6) is -3.21. The summed E-state index contributed by atoms with van der Waals surface area (Å²) in [6.45, 7) is 3.67. The topological polar surface area (TPSA) is 83.8 Å². The van der Waals surface area contributed by atoms with Crippen molar-refractivity contribution in [3.63, 3.8) is 0 Å². The number of ketones is 1. The van der Waals surface area contributed by atoms with Gasteiger partial charge in [-0.3, -0.25) is 9.59 Å². The van der Waals surface area contributed by atoms with Crippen molar-refractivity contribution in [1.29, 1.82) is 0 Å². The second-order valence-electron chi connectivity index (χ2n) is 8.46. The van der Waals surface area contributed by atoms with Crippen LogP contribution in [-0.2, 0) is 17.9 Å². The third kappa shape index (κ3) is 2.89. The van der Waals surface area contributed by atoms with E-state index < -0.39 is 23.5 Å². The van der Waals surface area contributed by atoms with Gasteiger partial charge in [-0.05, 0) is 31.9 Å². The zero-order valence-corrected chi connectivity index (χ0v) is 16.9. The third-order valence-corrected chi connectivity index (χ3v) is 6.32. The molecule has 1 aromatic carbocycles. The largest absolute Gasteiger partial charge is 0.494 e. The number of anilines is 1. The van der Waals surface area contributed by atoms with Crippen LogP contribution in [0.4, 0.5) is 10.1 Å². The van der Waals surface area contributed by atoms with Crippen molar-refractivity contribution in [2.24, 2.45) is 5.92 Å². The molecule has 7 nitrogen and oxygen atoms in total. The smallest absolute Gasteiger partial charge is 0.316 e. The number of carboxylic acid groups (broad SMARTS) is 1. The first kappa shape index (κ1) is 19.1. The van der Waals surface area contributed by atoms with Crippen molar-refractivity contribution in [2.45, 2.75) is 44.9 Å². The van der Waals surface area contributed by atoms with Gasteiger partial charge in [-0.25, -0.2) is 4.39 Å². The Bertz CT molecular complexity index is 1060. The first-order chi connectivity index (χ1) is 14.4. The number of carbonyl (C=O) groups is 2. The first-order valence-corrected chi connectivity index (χ1v) is 10.3. The van der Waals surface area contributed by atoms with Crippen LogP contribution in [0.2, 0.25) is 0 Å². The van der Waals surface area contributed by atoms with Gasteiger partial charge in [0.15, 0.2) is 11.5 Å². The van der Waals surface area contributed by atoms with E-state index in [1.165, 1.54) is 13.2 Å². The van der Waals surface area contributed by atoms with Crippen molar-refractivity contribution in [2.75, 3.05) is 18.6 Å². The monoisotopic (exact) mass is 413 g/mol. The lowest BCUT2D eigenvalue weighted by Crippen LogP contribution is -2.44. The van der Waals surface area contributed by atoms with E-state index in [1.807, 2.05) is 17.2 Å². The normalized spacial score (nSPS) is 23.2. The quantitative estimate of drug-likeness (QED) is 0.750. The summed E-state index contributed by atoms with van der Waals surface area (Å²) in [5, 5.41) is 12.9. The molecule has 0 spiro atoms. The van der Waals surface area contributed by atoms with Gasteiger partial charge in [-0.2, -0.15) is 0 Å². The molecule has 1 unspecified atom stereocenters. The molecule has 158 valence electrons. The van der Waals surface area contributed by atoms with Crippen LogP contribution >= 0.6 is 0 Å². The average Bonchev–Trinajstić information content (AvgIpc) is 3.46. The van der Waals surface area contributed by atoms with Crippen LogP contribution in [0.5, 0.6) is 5.75 Å². The number of aromatic nitrogens is 1. The van der Waals surface area contributed by atoms with Crippen molar-refractivity contribution in [3.05, 3.63) is 35.4 Å². The summed E-state index contributed by atoms with van der Waals surface area (Å²) in [5.41, 5.74) is 2.69. The van der Waals surface area contributed by atoms with Crippen LogP contribution in [-0.4, -0.2) is 47.2 Å². The van der Waals surface area contributed by atoms with Crippen LogP contribution in [0.15, 0.2) is 18.3 Å². The fourth-order valence-corrected chi connectivity index (χ4v) is 4.67. The van der Waals surface area contributed by atoms with Gasteiger partial charge in [0.1, 0.15) is 11.7 Å². The van der Waals surface area contributed by atoms with Crippen molar-refractivity contribution in [1.82, 2.24) is 9.88 Å². The summed E-state index contributed by atoms with van der Waals surface area (Å²) in [7, 11) is 1.47. The molecule has 5 rings (SSSR count). The zero-order valence-electron chi connectivity index (χ0n) is 16.9. The molecule has 0 radical (unpaired) electrons. The molecule has 3 heterocycles. The molecule has 0 bridgehead atoms. The lowest BCUT2D eigenvalue weighted by Gasteiger charge is -2.35. The van der Waals surface area contributed by atoms with E-state index in [-0.39, 0.29) is 18.2 Å². The summed E-state index contributed by atoms with van der Waals surface area (Å²) in [4.78, 5) is 26.4. The molecule has 0 saturated heterocycles. The Morgan fingerprint density at radius 1 is 1.30 bits per heavy atom. The van der Waals surface area contributed by atoms with E-state index in [4.69, 9.17) is 4.74 Å². The highest BCUT2D eigenvalue weighted by Crippen LogP contribution is 2.49. The minimum absolute atomic E-state index is 0.0843. The van der Waals surface area contributed by atoms with Crippen molar-refractivity contribution < 1.29 is 23.8 Å². The molecule has 3 aliphatic rings. The molecule has 2 aromatic rings. The van der Waals surface area contributed by atoms with Crippen LogP contribution < -0.4 is 15.0 Å². The summed E-state index contributed by atoms with van der Waals surface area (Å²) in [6, 6.07) is 3.61. The Hall–Kier alpha value is -2.87. The van der Waals surface area contributed by atoms with E-state index in [1.54, 1.807) is 0 Å². The van der Waals surface area contributed by atoms with Crippen molar-refractivity contribution in [3.8, 4) is 16.9 Å². The average molecular weight is 413 g/mol. The Labute approximate surface area is 173 Å². The number of methoxy groups -OCH3 is 1. The van der Waals surface area contributed by atoms with Gasteiger partial charge in [-0.1, -0.05) is 0 Å². The van der Waals surface area contributed by atoms with Crippen LogP contribution in [0.25, 0.3) is 11.1 Å². The number of Topliss-reactive ketones (excluding diaryl/α,β-unsaturated/α-hetero) is 1. The fraction of sp³-hybridized carbons (Fsp3) is 0.455. The maximum absolute atomic E-state index is 15.4. The lowest BCUT2D eigenvalue weighted by atomic mass is 9.88. The molecule has 8 heteroatoms. The van der Waals surface area contributed by atoms with Gasteiger partial charge >= 0.3 is 5.97 Å². The number of ether oxygens (including phenoxy) is 1. The molecule has 1 aromatic heterocycles. The molecule has 1 saturated carbocycles. The third-order valence-electron chi connectivity index (χ3n) is 6.32. The minimum atomic E-state index is -1.19. The van der Waals surface area contributed by atoms with Crippen molar-refractivity contribution >= 4 is 17.4 Å². The van der Waals surface area contributed by atoms with E-state index in [2.05, 4.69) is 16.8 Å². The Balaban J connectivity index is 1.69. The molecule has 2 N–H and O–H groups in total. The highest BCUT2D eigenvalue weighted by molar-refractivity contribution is 6.15. The van der Waals surface area contributed by atoms with E-state index in [0.717, 1.165) is 25.1 Å². The number of hydrogen-bond donors (Lipinski definition) is 2. The SMILES string of the molecule is COc1c(-c2cc3n(c2)C[C@@H](C)NC3)c(F)cc2c1N(C1CC1)CC(C(=O)O)C2=O. The Morgan fingerprint density at radius 3 is 2.73 bits per heavy atom. The maximum atomic E-state index is 15.4. The van der Waals surface area contributed by atoms with Crippen LogP contribution in [0.1, 0.15) is 35.8 Å². The number of benzene rings is 1. The first-order valence-electron chi connectivity index (χ1n) is 10.3. The molecular formula is C22H24FN3O4. The number of rotatable bonds is 4. The van der Waals surface area contributed by atoms with Gasteiger partial charge in [0.25, 0.3) is 0 Å². The van der Waals surface area contributed by atoms with Gasteiger partial charge in [0.05, 0.1) is 18.4 Å². The predicted octanol–water partition coefficient (Wildman–Crippen LogP) is 2.66. The number of nitrogens with zero attached hydrogens (tertiary/aromatic N) is 2. The molecule has 2 aliphatic heterocycles. The van der Waals surface area contributed by atoms with Crippen LogP contribution in [0.3, 0.4) is 0 Å². The predicted molar refractivity (Wildman–Crippen MR) is 109 cm³/mol. The number of nitrogens with one attached hydrogen (secondary N) is 1.